The third-order valence-corrected chi connectivity index (χ3v) is 8.33. The number of aryl methyl sites for hydroxylation is 1. The van der Waals surface area contributed by atoms with Crippen LogP contribution in [0.1, 0.15) is 31.9 Å². The van der Waals surface area contributed by atoms with Crippen LogP contribution in [0.15, 0.2) is 71.6 Å². The van der Waals surface area contributed by atoms with Crippen molar-refractivity contribution >= 4 is 50.7 Å². The zero-order valence-corrected chi connectivity index (χ0v) is 24.3. The molecule has 11 heteroatoms. The third-order valence-electron chi connectivity index (χ3n) is 5.96. The smallest absolute Gasteiger partial charge is 0.264 e. The number of benzene rings is 3. The van der Waals surface area contributed by atoms with Gasteiger partial charge in [-0.3, -0.25) is 13.9 Å². The van der Waals surface area contributed by atoms with Crippen LogP contribution in [-0.2, 0) is 26.2 Å². The standard InChI is InChI=1S/C28H30Cl2FN3O4S/c1-18(2)32-28(36)20(4)33(16-21-7-8-22(29)15-26(21)30)27(35)17-34(24-11-9-23(31)10-12-24)39(37,38)25-13-5-19(3)6-14-25/h5-15,18,20H,16-17H2,1-4H3,(H,32,36). The number of carbonyl (C=O) groups excluding carboxylic acids is 2. The molecule has 0 saturated heterocycles. The van der Waals surface area contributed by atoms with Crippen molar-refractivity contribution in [1.29, 1.82) is 0 Å². The van der Waals surface area contributed by atoms with Gasteiger partial charge in [0, 0.05) is 22.6 Å². The molecular formula is C28H30Cl2FN3O4S. The summed E-state index contributed by atoms with van der Waals surface area (Å²) in [6, 6.07) is 14.6. The van der Waals surface area contributed by atoms with Gasteiger partial charge in [-0.25, -0.2) is 12.8 Å². The highest BCUT2D eigenvalue weighted by Gasteiger charge is 2.33. The zero-order valence-electron chi connectivity index (χ0n) is 22.0. The van der Waals surface area contributed by atoms with Gasteiger partial charge < -0.3 is 10.2 Å². The molecule has 1 unspecified atom stereocenters. The summed E-state index contributed by atoms with van der Waals surface area (Å²) < 4.78 is 42.1. The Morgan fingerprint density at radius 2 is 1.56 bits per heavy atom. The zero-order chi connectivity index (χ0) is 28.9. The Morgan fingerprint density at radius 1 is 0.949 bits per heavy atom. The first-order chi connectivity index (χ1) is 18.3. The first-order valence-corrected chi connectivity index (χ1v) is 14.4. The molecule has 208 valence electrons. The van der Waals surface area contributed by atoms with Gasteiger partial charge in [0.1, 0.15) is 18.4 Å². The van der Waals surface area contributed by atoms with Gasteiger partial charge in [0.05, 0.1) is 10.6 Å². The fourth-order valence-electron chi connectivity index (χ4n) is 3.79. The maximum absolute atomic E-state index is 13.8. The van der Waals surface area contributed by atoms with Crippen LogP contribution in [0.3, 0.4) is 0 Å². The molecule has 39 heavy (non-hydrogen) atoms. The van der Waals surface area contributed by atoms with Gasteiger partial charge in [0.15, 0.2) is 0 Å². The largest absolute Gasteiger partial charge is 0.352 e. The number of carbonyl (C=O) groups is 2. The number of nitrogens with one attached hydrogen (secondary N) is 1. The molecule has 0 radical (unpaired) electrons. The monoisotopic (exact) mass is 593 g/mol. The average Bonchev–Trinajstić information content (AvgIpc) is 2.86. The maximum Gasteiger partial charge on any atom is 0.264 e. The lowest BCUT2D eigenvalue weighted by Gasteiger charge is -2.32. The molecule has 0 aliphatic carbocycles. The molecule has 2 amide bonds. The molecule has 0 fully saturated rings. The van der Waals surface area contributed by atoms with Crippen molar-refractivity contribution in [3.05, 3.63) is 93.7 Å². The van der Waals surface area contributed by atoms with Gasteiger partial charge >= 0.3 is 0 Å². The van der Waals surface area contributed by atoms with E-state index in [0.717, 1.165) is 22.0 Å². The van der Waals surface area contributed by atoms with Crippen molar-refractivity contribution < 1.29 is 22.4 Å². The van der Waals surface area contributed by atoms with E-state index in [0.29, 0.717) is 15.6 Å². The van der Waals surface area contributed by atoms with Gasteiger partial charge in [-0.05, 0) is 81.8 Å². The summed E-state index contributed by atoms with van der Waals surface area (Å²) in [6.07, 6.45) is 0. The molecule has 0 spiro atoms. The Labute approximate surface area is 238 Å². The summed E-state index contributed by atoms with van der Waals surface area (Å²) in [5.41, 5.74) is 1.47. The number of sulfonamides is 1. The van der Waals surface area contributed by atoms with E-state index in [1.807, 2.05) is 6.92 Å². The lowest BCUT2D eigenvalue weighted by atomic mass is 10.1. The molecule has 1 atom stereocenters. The number of halogens is 3. The lowest BCUT2D eigenvalue weighted by Crippen LogP contribution is -2.52. The fourth-order valence-corrected chi connectivity index (χ4v) is 5.68. The van der Waals surface area contributed by atoms with E-state index in [1.54, 1.807) is 45.0 Å². The number of rotatable bonds is 10. The predicted octanol–water partition coefficient (Wildman–Crippen LogP) is 5.58. The second-order valence-electron chi connectivity index (χ2n) is 9.40. The molecule has 3 aromatic carbocycles. The van der Waals surface area contributed by atoms with Crippen LogP contribution in [0.4, 0.5) is 10.1 Å². The van der Waals surface area contributed by atoms with Gasteiger partial charge in [-0.15, -0.1) is 0 Å². The SMILES string of the molecule is Cc1ccc(S(=O)(=O)N(CC(=O)N(Cc2ccc(Cl)cc2Cl)C(C)C(=O)NC(C)C)c2ccc(F)cc2)cc1. The van der Waals surface area contributed by atoms with Crippen molar-refractivity contribution in [3.8, 4) is 0 Å². The summed E-state index contributed by atoms with van der Waals surface area (Å²) in [5.74, 6) is -1.64. The van der Waals surface area contributed by atoms with E-state index in [-0.39, 0.29) is 23.2 Å². The molecule has 3 rings (SSSR count). The highest BCUT2D eigenvalue weighted by molar-refractivity contribution is 7.92. The minimum atomic E-state index is -4.24. The average molecular weight is 595 g/mol. The van der Waals surface area contributed by atoms with Gasteiger partial charge in [0.2, 0.25) is 11.8 Å². The van der Waals surface area contributed by atoms with Crippen LogP contribution in [-0.4, -0.2) is 43.8 Å². The first kappa shape index (κ1) is 30.4. The van der Waals surface area contributed by atoms with Crippen molar-refractivity contribution in [2.45, 2.75) is 51.2 Å². The summed E-state index contributed by atoms with van der Waals surface area (Å²) in [5, 5.41) is 3.47. The van der Waals surface area contributed by atoms with Crippen LogP contribution in [0.25, 0.3) is 0 Å². The van der Waals surface area contributed by atoms with Crippen molar-refractivity contribution in [2.75, 3.05) is 10.8 Å². The number of nitrogens with zero attached hydrogens (tertiary/aromatic N) is 2. The highest BCUT2D eigenvalue weighted by atomic mass is 35.5. The molecule has 0 heterocycles. The van der Waals surface area contributed by atoms with Crippen LogP contribution < -0.4 is 9.62 Å². The summed E-state index contributed by atoms with van der Waals surface area (Å²) in [7, 11) is -4.24. The van der Waals surface area contributed by atoms with E-state index in [4.69, 9.17) is 23.2 Å². The van der Waals surface area contributed by atoms with Crippen molar-refractivity contribution in [1.82, 2.24) is 10.2 Å². The van der Waals surface area contributed by atoms with Gasteiger partial charge in [-0.2, -0.15) is 0 Å². The summed E-state index contributed by atoms with van der Waals surface area (Å²) in [6.45, 7) is 6.22. The number of hydrogen-bond acceptors (Lipinski definition) is 4. The van der Waals surface area contributed by atoms with Gasteiger partial charge in [0.25, 0.3) is 10.0 Å². The number of amides is 2. The molecule has 0 saturated carbocycles. The van der Waals surface area contributed by atoms with E-state index in [2.05, 4.69) is 5.32 Å². The summed E-state index contributed by atoms with van der Waals surface area (Å²) in [4.78, 5) is 28.0. The summed E-state index contributed by atoms with van der Waals surface area (Å²) >= 11 is 12.4. The van der Waals surface area contributed by atoms with E-state index >= 15 is 0 Å². The second-order valence-corrected chi connectivity index (χ2v) is 12.1. The Bertz CT molecular complexity index is 1430. The van der Waals surface area contributed by atoms with Crippen molar-refractivity contribution in [2.24, 2.45) is 0 Å². The Kier molecular flexibility index (Phi) is 9.98. The van der Waals surface area contributed by atoms with Gasteiger partial charge in [-0.1, -0.05) is 47.0 Å². The predicted molar refractivity (Wildman–Crippen MR) is 152 cm³/mol. The highest BCUT2D eigenvalue weighted by Crippen LogP contribution is 2.27. The maximum atomic E-state index is 13.8. The van der Waals surface area contributed by atoms with Crippen molar-refractivity contribution in [3.63, 3.8) is 0 Å². The molecule has 3 aromatic rings. The fraction of sp³-hybridized carbons (Fsp3) is 0.286. The molecule has 0 aliphatic heterocycles. The third kappa shape index (κ3) is 7.71. The second kappa shape index (κ2) is 12.8. The minimum Gasteiger partial charge on any atom is -0.352 e. The first-order valence-electron chi connectivity index (χ1n) is 12.2. The molecule has 0 aromatic heterocycles. The molecule has 1 N–H and O–H groups in total. The van der Waals surface area contributed by atoms with E-state index in [9.17, 15) is 22.4 Å². The van der Waals surface area contributed by atoms with Crippen LogP contribution in [0, 0.1) is 12.7 Å². The molecular weight excluding hydrogens is 564 g/mol. The number of hydrogen-bond donors (Lipinski definition) is 1. The molecule has 7 nitrogen and oxygen atoms in total. The lowest BCUT2D eigenvalue weighted by molar-refractivity contribution is -0.139. The Hall–Kier alpha value is -3.14. The Balaban J connectivity index is 2.04. The quantitative estimate of drug-likeness (QED) is 0.332. The van der Waals surface area contributed by atoms with Crippen LogP contribution >= 0.6 is 23.2 Å². The molecule has 0 bridgehead atoms. The van der Waals surface area contributed by atoms with E-state index < -0.39 is 40.2 Å². The normalized spacial score (nSPS) is 12.2. The topological polar surface area (TPSA) is 86.8 Å². The van der Waals surface area contributed by atoms with E-state index in [1.165, 1.54) is 35.2 Å². The Morgan fingerprint density at radius 3 is 2.13 bits per heavy atom. The minimum absolute atomic E-state index is 0.0388. The van der Waals surface area contributed by atoms with Crippen LogP contribution in [0.2, 0.25) is 10.0 Å². The molecule has 0 aliphatic rings. The van der Waals surface area contributed by atoms with Crippen LogP contribution in [0.5, 0.6) is 0 Å². The number of anilines is 1.